The molecular weight excluding hydrogens is 378 g/mol. The number of ketones is 1. The molecule has 152 valence electrons. The normalized spacial score (nSPS) is 20.2. The molecule has 1 fully saturated rings. The van der Waals surface area contributed by atoms with Gasteiger partial charge in [0.1, 0.15) is 5.54 Å². The zero-order valence-corrected chi connectivity index (χ0v) is 17.2. The van der Waals surface area contributed by atoms with E-state index in [1.165, 1.54) is 4.90 Å². The van der Waals surface area contributed by atoms with Gasteiger partial charge in [0.15, 0.2) is 11.5 Å². The third kappa shape index (κ3) is 3.16. The lowest BCUT2D eigenvalue weighted by molar-refractivity contribution is -0.149. The summed E-state index contributed by atoms with van der Waals surface area (Å²) in [5.41, 5.74) is -1.63. The van der Waals surface area contributed by atoms with Gasteiger partial charge in [-0.3, -0.25) is 14.5 Å². The smallest absolute Gasteiger partial charge is 0.334 e. The van der Waals surface area contributed by atoms with Crippen LogP contribution in [-0.4, -0.2) is 33.8 Å². The first kappa shape index (κ1) is 19.8. The molecule has 1 saturated heterocycles. The molecule has 0 spiro atoms. The van der Waals surface area contributed by atoms with E-state index in [0.717, 1.165) is 10.8 Å². The highest BCUT2D eigenvalue weighted by Crippen LogP contribution is 2.40. The fourth-order valence-electron chi connectivity index (χ4n) is 4.26. The Morgan fingerprint density at radius 3 is 2.23 bits per heavy atom. The standard InChI is InChI=1S/C25H23NO4/c1-24(2)26(22(28)20-15-9-13-17-10-7-8-14-19(17)20)25(3,23(29)30-24)16-21(27)18-11-5-4-6-12-18/h4-15H,16H2,1-3H3/t25-/m0/s1. The number of benzene rings is 3. The second-order valence-electron chi connectivity index (χ2n) is 8.24. The van der Waals surface area contributed by atoms with Gasteiger partial charge in [0, 0.05) is 17.5 Å². The van der Waals surface area contributed by atoms with Crippen molar-refractivity contribution in [3.63, 3.8) is 0 Å². The first-order valence-electron chi connectivity index (χ1n) is 9.88. The number of carbonyl (C=O) groups is 3. The van der Waals surface area contributed by atoms with Crippen LogP contribution in [0.4, 0.5) is 0 Å². The summed E-state index contributed by atoms with van der Waals surface area (Å²) < 4.78 is 5.58. The van der Waals surface area contributed by atoms with Gasteiger partial charge in [0.2, 0.25) is 0 Å². The molecule has 3 aromatic rings. The van der Waals surface area contributed by atoms with E-state index in [4.69, 9.17) is 4.74 Å². The molecule has 0 saturated carbocycles. The number of ether oxygens (including phenoxy) is 1. The number of nitrogens with zero attached hydrogens (tertiary/aromatic N) is 1. The van der Waals surface area contributed by atoms with E-state index in [-0.39, 0.29) is 18.1 Å². The summed E-state index contributed by atoms with van der Waals surface area (Å²) in [6.07, 6.45) is -0.157. The van der Waals surface area contributed by atoms with Crippen LogP contribution in [0.25, 0.3) is 10.8 Å². The van der Waals surface area contributed by atoms with Crippen molar-refractivity contribution in [1.82, 2.24) is 4.90 Å². The Morgan fingerprint density at radius 2 is 1.50 bits per heavy atom. The van der Waals surface area contributed by atoms with Crippen LogP contribution in [0.15, 0.2) is 72.8 Å². The van der Waals surface area contributed by atoms with Crippen LogP contribution in [0.5, 0.6) is 0 Å². The Kier molecular flexibility index (Phi) is 4.69. The second-order valence-corrected chi connectivity index (χ2v) is 8.24. The molecular formula is C25H23NO4. The molecule has 0 N–H and O–H groups in total. The van der Waals surface area contributed by atoms with Gasteiger partial charge in [-0.15, -0.1) is 0 Å². The third-order valence-electron chi connectivity index (χ3n) is 5.64. The summed E-state index contributed by atoms with van der Waals surface area (Å²) in [6, 6.07) is 21.8. The summed E-state index contributed by atoms with van der Waals surface area (Å²) in [6.45, 7) is 4.95. The Morgan fingerprint density at radius 1 is 0.867 bits per heavy atom. The number of hydrogen-bond acceptors (Lipinski definition) is 4. The number of carbonyl (C=O) groups excluding carboxylic acids is 3. The summed E-state index contributed by atoms with van der Waals surface area (Å²) in [4.78, 5) is 41.0. The minimum atomic E-state index is -1.41. The highest BCUT2D eigenvalue weighted by molar-refractivity contribution is 6.10. The van der Waals surface area contributed by atoms with Crippen molar-refractivity contribution in [3.8, 4) is 0 Å². The molecule has 0 bridgehead atoms. The van der Waals surface area contributed by atoms with Crippen LogP contribution in [0.1, 0.15) is 47.9 Å². The van der Waals surface area contributed by atoms with Crippen molar-refractivity contribution in [2.75, 3.05) is 0 Å². The van der Waals surface area contributed by atoms with Crippen LogP contribution in [0.2, 0.25) is 0 Å². The minimum Gasteiger partial charge on any atom is -0.438 e. The maximum absolute atomic E-state index is 13.7. The molecule has 1 aliphatic heterocycles. The zero-order valence-electron chi connectivity index (χ0n) is 17.2. The summed E-state index contributed by atoms with van der Waals surface area (Å²) in [5, 5.41) is 1.71. The van der Waals surface area contributed by atoms with E-state index in [9.17, 15) is 14.4 Å². The van der Waals surface area contributed by atoms with Gasteiger partial charge in [-0.2, -0.15) is 0 Å². The van der Waals surface area contributed by atoms with Gasteiger partial charge < -0.3 is 4.74 Å². The SMILES string of the molecule is CC1(C)OC(=O)[C@](C)(CC(=O)c2ccccc2)N1C(=O)c1cccc2ccccc12. The number of amides is 1. The first-order chi connectivity index (χ1) is 14.2. The fraction of sp³-hybridized carbons (Fsp3) is 0.240. The van der Waals surface area contributed by atoms with Crippen molar-refractivity contribution >= 4 is 28.4 Å². The Hall–Kier alpha value is -3.47. The number of hydrogen-bond donors (Lipinski definition) is 0. The van der Waals surface area contributed by atoms with Crippen LogP contribution in [-0.2, 0) is 9.53 Å². The number of rotatable bonds is 4. The average molecular weight is 401 g/mol. The summed E-state index contributed by atoms with van der Waals surface area (Å²) in [5.74, 6) is -1.14. The molecule has 1 atom stereocenters. The molecule has 0 aliphatic carbocycles. The molecule has 5 nitrogen and oxygen atoms in total. The molecule has 30 heavy (non-hydrogen) atoms. The monoisotopic (exact) mass is 401 g/mol. The highest BCUT2D eigenvalue weighted by Gasteiger charge is 2.59. The van der Waals surface area contributed by atoms with E-state index in [1.54, 1.807) is 51.1 Å². The maximum atomic E-state index is 13.7. The number of Topliss-reactive ketones (excluding diaryl/α,β-unsaturated/α-hetero) is 1. The molecule has 1 heterocycles. The Balaban J connectivity index is 1.78. The minimum absolute atomic E-state index is 0.157. The maximum Gasteiger partial charge on any atom is 0.334 e. The van der Waals surface area contributed by atoms with E-state index in [0.29, 0.717) is 11.1 Å². The predicted octanol–water partition coefficient (Wildman–Crippen LogP) is 4.61. The lowest BCUT2D eigenvalue weighted by Crippen LogP contribution is -2.56. The molecule has 0 aromatic heterocycles. The van der Waals surface area contributed by atoms with Crippen LogP contribution in [0, 0.1) is 0 Å². The highest BCUT2D eigenvalue weighted by atomic mass is 16.6. The molecule has 0 radical (unpaired) electrons. The van der Waals surface area contributed by atoms with Gasteiger partial charge in [0.05, 0.1) is 0 Å². The second kappa shape index (κ2) is 7.10. The molecule has 4 rings (SSSR count). The topological polar surface area (TPSA) is 63.7 Å². The van der Waals surface area contributed by atoms with E-state index >= 15 is 0 Å². The van der Waals surface area contributed by atoms with Crippen molar-refractivity contribution in [3.05, 3.63) is 83.9 Å². The third-order valence-corrected chi connectivity index (χ3v) is 5.64. The summed E-state index contributed by atoms with van der Waals surface area (Å²) >= 11 is 0. The van der Waals surface area contributed by atoms with Gasteiger partial charge in [0.25, 0.3) is 5.91 Å². The lowest BCUT2D eigenvalue weighted by Gasteiger charge is -2.37. The van der Waals surface area contributed by atoms with Crippen molar-refractivity contribution in [1.29, 1.82) is 0 Å². The summed E-state index contributed by atoms with van der Waals surface area (Å²) in [7, 11) is 0. The molecule has 5 heteroatoms. The largest absolute Gasteiger partial charge is 0.438 e. The van der Waals surface area contributed by atoms with E-state index in [1.807, 2.05) is 42.5 Å². The van der Waals surface area contributed by atoms with E-state index < -0.39 is 17.2 Å². The Labute approximate surface area is 175 Å². The van der Waals surface area contributed by atoms with Gasteiger partial charge in [-0.05, 0) is 37.6 Å². The van der Waals surface area contributed by atoms with Crippen molar-refractivity contribution in [2.45, 2.75) is 38.5 Å². The molecule has 1 amide bonds. The van der Waals surface area contributed by atoms with Crippen molar-refractivity contribution < 1.29 is 19.1 Å². The van der Waals surface area contributed by atoms with Gasteiger partial charge >= 0.3 is 5.97 Å². The predicted molar refractivity (Wildman–Crippen MR) is 114 cm³/mol. The Bertz CT molecular complexity index is 1150. The fourth-order valence-corrected chi connectivity index (χ4v) is 4.26. The van der Waals surface area contributed by atoms with E-state index in [2.05, 4.69) is 0 Å². The number of fused-ring (bicyclic) bond motifs is 1. The number of esters is 1. The number of cyclic esters (lactones) is 1. The van der Waals surface area contributed by atoms with Crippen LogP contribution >= 0.6 is 0 Å². The zero-order chi connectivity index (χ0) is 21.5. The first-order valence-corrected chi connectivity index (χ1v) is 9.88. The lowest BCUT2D eigenvalue weighted by atomic mass is 9.89. The van der Waals surface area contributed by atoms with Crippen molar-refractivity contribution in [2.24, 2.45) is 0 Å². The van der Waals surface area contributed by atoms with Gasteiger partial charge in [-0.25, -0.2) is 4.79 Å². The van der Waals surface area contributed by atoms with Crippen LogP contribution < -0.4 is 0 Å². The van der Waals surface area contributed by atoms with Crippen LogP contribution in [0.3, 0.4) is 0 Å². The molecule has 3 aromatic carbocycles. The van der Waals surface area contributed by atoms with Gasteiger partial charge in [-0.1, -0.05) is 66.7 Å². The molecule has 0 unspecified atom stereocenters. The average Bonchev–Trinajstić information content (AvgIpc) is 2.91. The molecule has 1 aliphatic rings. The quantitative estimate of drug-likeness (QED) is 0.473.